The molecular formula is C8H17NO. The monoisotopic (exact) mass is 143 g/mol. The summed E-state index contributed by atoms with van der Waals surface area (Å²) in [5, 5.41) is 0. The highest BCUT2D eigenvalue weighted by molar-refractivity contribution is 4.75. The summed E-state index contributed by atoms with van der Waals surface area (Å²) in [4.78, 5) is 0. The van der Waals surface area contributed by atoms with Gasteiger partial charge in [-0.25, -0.2) is 0 Å². The molecule has 2 heteroatoms. The van der Waals surface area contributed by atoms with Gasteiger partial charge in [-0.15, -0.1) is 0 Å². The van der Waals surface area contributed by atoms with Gasteiger partial charge in [-0.2, -0.15) is 0 Å². The van der Waals surface area contributed by atoms with Crippen molar-refractivity contribution in [2.75, 3.05) is 13.2 Å². The first kappa shape index (κ1) is 8.02. The number of rotatable bonds is 2. The molecule has 1 saturated heterocycles. The fourth-order valence-electron chi connectivity index (χ4n) is 1.36. The SMILES string of the molecule is CC(C)[C@@H]1CO[C@@H](CN)C1. The second kappa shape index (κ2) is 3.35. The largest absolute Gasteiger partial charge is 0.377 e. The molecule has 10 heavy (non-hydrogen) atoms. The number of hydrogen-bond donors (Lipinski definition) is 1. The summed E-state index contributed by atoms with van der Waals surface area (Å²) in [7, 11) is 0. The first-order valence-electron chi connectivity index (χ1n) is 4.05. The standard InChI is InChI=1S/C8H17NO/c1-6(2)7-3-8(4-9)10-5-7/h6-8H,3-5,9H2,1-2H3/t7-,8+/m0/s1. The molecule has 60 valence electrons. The average Bonchev–Trinajstić information content (AvgIpc) is 2.34. The van der Waals surface area contributed by atoms with Gasteiger partial charge >= 0.3 is 0 Å². The maximum atomic E-state index is 5.47. The van der Waals surface area contributed by atoms with Crippen molar-refractivity contribution in [3.8, 4) is 0 Å². The maximum Gasteiger partial charge on any atom is 0.0701 e. The molecule has 0 aromatic heterocycles. The van der Waals surface area contributed by atoms with Crippen LogP contribution in [-0.4, -0.2) is 19.3 Å². The van der Waals surface area contributed by atoms with Crippen molar-refractivity contribution in [2.45, 2.75) is 26.4 Å². The van der Waals surface area contributed by atoms with Gasteiger partial charge in [0.2, 0.25) is 0 Å². The van der Waals surface area contributed by atoms with Crippen LogP contribution in [0.3, 0.4) is 0 Å². The third kappa shape index (κ3) is 1.70. The lowest BCUT2D eigenvalue weighted by Gasteiger charge is -2.10. The van der Waals surface area contributed by atoms with E-state index in [9.17, 15) is 0 Å². The molecule has 0 aromatic carbocycles. The van der Waals surface area contributed by atoms with E-state index in [0.29, 0.717) is 12.6 Å². The first-order chi connectivity index (χ1) is 4.74. The topological polar surface area (TPSA) is 35.2 Å². The number of hydrogen-bond acceptors (Lipinski definition) is 2. The molecule has 1 aliphatic rings. The van der Waals surface area contributed by atoms with Crippen LogP contribution in [-0.2, 0) is 4.74 Å². The summed E-state index contributed by atoms with van der Waals surface area (Å²) < 4.78 is 5.45. The normalized spacial score (nSPS) is 33.6. The Morgan fingerprint density at radius 3 is 2.60 bits per heavy atom. The Hall–Kier alpha value is -0.0800. The molecule has 0 aliphatic carbocycles. The first-order valence-corrected chi connectivity index (χ1v) is 4.05. The second-order valence-corrected chi connectivity index (χ2v) is 3.43. The van der Waals surface area contributed by atoms with E-state index in [4.69, 9.17) is 10.5 Å². The molecule has 1 aliphatic heterocycles. The van der Waals surface area contributed by atoms with Crippen LogP contribution >= 0.6 is 0 Å². The Morgan fingerprint density at radius 1 is 1.60 bits per heavy atom. The Kier molecular flexibility index (Phi) is 2.69. The zero-order chi connectivity index (χ0) is 7.56. The van der Waals surface area contributed by atoms with Crippen LogP contribution in [0.5, 0.6) is 0 Å². The molecule has 1 fully saturated rings. The quantitative estimate of drug-likeness (QED) is 0.626. The van der Waals surface area contributed by atoms with Gasteiger partial charge in [-0.3, -0.25) is 0 Å². The molecule has 2 atom stereocenters. The highest BCUT2D eigenvalue weighted by Crippen LogP contribution is 2.25. The molecule has 0 aromatic rings. The van der Waals surface area contributed by atoms with E-state index in [-0.39, 0.29) is 0 Å². The predicted molar refractivity (Wildman–Crippen MR) is 41.7 cm³/mol. The van der Waals surface area contributed by atoms with Crippen LogP contribution < -0.4 is 5.73 Å². The Morgan fingerprint density at radius 2 is 2.30 bits per heavy atom. The van der Waals surface area contributed by atoms with Gasteiger partial charge in [0.15, 0.2) is 0 Å². The van der Waals surface area contributed by atoms with Crippen LogP contribution in [0.2, 0.25) is 0 Å². The fraction of sp³-hybridized carbons (Fsp3) is 1.00. The Balaban J connectivity index is 2.28. The molecule has 1 heterocycles. The smallest absolute Gasteiger partial charge is 0.0701 e. The van der Waals surface area contributed by atoms with Crippen molar-refractivity contribution in [2.24, 2.45) is 17.6 Å². The van der Waals surface area contributed by atoms with Crippen LogP contribution in [0.25, 0.3) is 0 Å². The van der Waals surface area contributed by atoms with Gasteiger partial charge < -0.3 is 10.5 Å². The van der Waals surface area contributed by atoms with E-state index in [0.717, 1.165) is 24.9 Å². The van der Waals surface area contributed by atoms with E-state index in [1.807, 2.05) is 0 Å². The molecule has 0 radical (unpaired) electrons. The molecule has 1 rings (SSSR count). The number of nitrogens with two attached hydrogens (primary N) is 1. The molecule has 0 amide bonds. The van der Waals surface area contributed by atoms with Crippen molar-refractivity contribution in [3.05, 3.63) is 0 Å². The summed E-state index contributed by atoms with van der Waals surface area (Å²) in [5.41, 5.74) is 5.47. The fourth-order valence-corrected chi connectivity index (χ4v) is 1.36. The van der Waals surface area contributed by atoms with Gasteiger partial charge in [0.1, 0.15) is 0 Å². The van der Waals surface area contributed by atoms with Crippen LogP contribution in [0, 0.1) is 11.8 Å². The van der Waals surface area contributed by atoms with Gasteiger partial charge in [0.05, 0.1) is 12.7 Å². The lowest BCUT2D eigenvalue weighted by Crippen LogP contribution is -2.18. The van der Waals surface area contributed by atoms with E-state index in [1.165, 1.54) is 0 Å². The maximum absolute atomic E-state index is 5.47. The summed E-state index contributed by atoms with van der Waals surface area (Å²) in [5.74, 6) is 1.49. The average molecular weight is 143 g/mol. The Labute approximate surface area is 62.7 Å². The van der Waals surface area contributed by atoms with Crippen molar-refractivity contribution in [1.29, 1.82) is 0 Å². The molecular weight excluding hydrogens is 126 g/mol. The minimum atomic E-state index is 0.340. The van der Waals surface area contributed by atoms with Crippen molar-refractivity contribution >= 4 is 0 Å². The van der Waals surface area contributed by atoms with E-state index in [1.54, 1.807) is 0 Å². The third-order valence-electron chi connectivity index (χ3n) is 2.32. The molecule has 2 nitrogen and oxygen atoms in total. The lowest BCUT2D eigenvalue weighted by atomic mass is 9.93. The predicted octanol–water partition coefficient (Wildman–Crippen LogP) is 1.01. The van der Waals surface area contributed by atoms with Gasteiger partial charge in [-0.05, 0) is 18.3 Å². The molecule has 0 unspecified atom stereocenters. The minimum Gasteiger partial charge on any atom is -0.377 e. The third-order valence-corrected chi connectivity index (χ3v) is 2.32. The van der Waals surface area contributed by atoms with Crippen molar-refractivity contribution in [1.82, 2.24) is 0 Å². The summed E-state index contributed by atoms with van der Waals surface area (Å²) >= 11 is 0. The highest BCUT2D eigenvalue weighted by Gasteiger charge is 2.26. The van der Waals surface area contributed by atoms with E-state index in [2.05, 4.69) is 13.8 Å². The Bertz CT molecular complexity index is 103. The van der Waals surface area contributed by atoms with Gasteiger partial charge in [-0.1, -0.05) is 13.8 Å². The summed E-state index contributed by atoms with van der Waals surface area (Å²) in [6.07, 6.45) is 1.50. The van der Waals surface area contributed by atoms with Crippen LogP contribution in [0.4, 0.5) is 0 Å². The van der Waals surface area contributed by atoms with E-state index >= 15 is 0 Å². The van der Waals surface area contributed by atoms with Gasteiger partial charge in [0.25, 0.3) is 0 Å². The molecule has 0 saturated carbocycles. The van der Waals surface area contributed by atoms with E-state index < -0.39 is 0 Å². The molecule has 2 N–H and O–H groups in total. The zero-order valence-electron chi connectivity index (χ0n) is 6.84. The minimum absolute atomic E-state index is 0.340. The van der Waals surface area contributed by atoms with Gasteiger partial charge in [0, 0.05) is 6.54 Å². The summed E-state index contributed by atoms with van der Waals surface area (Å²) in [6.45, 7) is 6.09. The number of ether oxygens (including phenoxy) is 1. The molecule has 0 spiro atoms. The second-order valence-electron chi connectivity index (χ2n) is 3.43. The summed E-state index contributed by atoms with van der Waals surface area (Å²) in [6, 6.07) is 0. The zero-order valence-corrected chi connectivity index (χ0v) is 6.84. The molecule has 0 bridgehead atoms. The van der Waals surface area contributed by atoms with Crippen LogP contribution in [0.15, 0.2) is 0 Å². The highest BCUT2D eigenvalue weighted by atomic mass is 16.5. The van der Waals surface area contributed by atoms with Crippen molar-refractivity contribution < 1.29 is 4.74 Å². The van der Waals surface area contributed by atoms with Crippen molar-refractivity contribution in [3.63, 3.8) is 0 Å². The lowest BCUT2D eigenvalue weighted by molar-refractivity contribution is 0.109. The van der Waals surface area contributed by atoms with Crippen LogP contribution in [0.1, 0.15) is 20.3 Å².